The highest BCUT2D eigenvalue weighted by Crippen LogP contribution is 1.88. The maximum Gasteiger partial charge on any atom is 0.0432 e. The fourth-order valence-corrected chi connectivity index (χ4v) is 0.713. The summed E-state index contributed by atoms with van der Waals surface area (Å²) in [5, 5.41) is 3.48. The molecule has 0 bridgehead atoms. The second-order valence-corrected chi connectivity index (χ2v) is 3.53. The third-order valence-corrected chi connectivity index (χ3v) is 1.32. The number of hydrogen-bond acceptors (Lipinski definition) is 2. The minimum Gasteiger partial charge on any atom is -0.314 e. The summed E-state index contributed by atoms with van der Waals surface area (Å²) in [6, 6.07) is 0. The van der Waals surface area contributed by atoms with Crippen molar-refractivity contribution < 1.29 is 0 Å². The molecule has 0 aromatic carbocycles. The van der Waals surface area contributed by atoms with Crippen molar-refractivity contribution in [3.8, 4) is 0 Å². The summed E-state index contributed by atoms with van der Waals surface area (Å²) in [5.74, 6) is 0. The van der Waals surface area contributed by atoms with Gasteiger partial charge in [0.25, 0.3) is 0 Å². The first kappa shape index (κ1) is 10.2. The highest BCUT2D eigenvalue weighted by Gasteiger charge is 1.94. The van der Waals surface area contributed by atoms with Gasteiger partial charge in [0.2, 0.25) is 0 Å². The van der Waals surface area contributed by atoms with Crippen molar-refractivity contribution in [2.75, 3.05) is 33.7 Å². The lowest BCUT2D eigenvalue weighted by atomic mass is 10.4. The van der Waals surface area contributed by atoms with Crippen LogP contribution in [0.15, 0.2) is 0 Å². The zero-order valence-electron chi connectivity index (χ0n) is 7.02. The largest absolute Gasteiger partial charge is 0.314 e. The van der Waals surface area contributed by atoms with Crippen molar-refractivity contribution in [2.45, 2.75) is 12.3 Å². The lowest BCUT2D eigenvalue weighted by molar-refractivity contribution is 0.401. The Kier molecular flexibility index (Phi) is 6.08. The highest BCUT2D eigenvalue weighted by atomic mass is 35.5. The van der Waals surface area contributed by atoms with Crippen LogP contribution in [0.3, 0.4) is 0 Å². The van der Waals surface area contributed by atoms with E-state index in [0.717, 1.165) is 19.6 Å². The van der Waals surface area contributed by atoms with Gasteiger partial charge in [0.05, 0.1) is 0 Å². The van der Waals surface area contributed by atoms with Gasteiger partial charge in [-0.15, -0.1) is 11.6 Å². The number of alkyl halides is 1. The molecule has 62 valence electrons. The van der Waals surface area contributed by atoms with Crippen LogP contribution in [0.1, 0.15) is 6.92 Å². The van der Waals surface area contributed by atoms with Crippen molar-refractivity contribution in [3.05, 3.63) is 0 Å². The lowest BCUT2D eigenvalue weighted by Crippen LogP contribution is -2.29. The molecule has 0 fully saturated rings. The van der Waals surface area contributed by atoms with E-state index >= 15 is 0 Å². The number of likely N-dealkylation sites (N-methyl/N-ethyl adjacent to an activating group) is 1. The van der Waals surface area contributed by atoms with Crippen molar-refractivity contribution in [1.29, 1.82) is 0 Å². The van der Waals surface area contributed by atoms with E-state index in [0.29, 0.717) is 0 Å². The Hall–Kier alpha value is 0.210. The van der Waals surface area contributed by atoms with Gasteiger partial charge in [0.1, 0.15) is 0 Å². The van der Waals surface area contributed by atoms with Gasteiger partial charge in [0, 0.05) is 25.0 Å². The third-order valence-electron chi connectivity index (χ3n) is 1.16. The molecule has 0 aliphatic carbocycles. The van der Waals surface area contributed by atoms with Crippen molar-refractivity contribution in [3.63, 3.8) is 0 Å². The van der Waals surface area contributed by atoms with Crippen LogP contribution in [0.25, 0.3) is 0 Å². The maximum atomic E-state index is 5.72. The molecular weight excluding hydrogens is 148 g/mol. The van der Waals surface area contributed by atoms with E-state index in [1.807, 2.05) is 6.92 Å². The number of rotatable bonds is 5. The van der Waals surface area contributed by atoms with Gasteiger partial charge < -0.3 is 10.2 Å². The van der Waals surface area contributed by atoms with E-state index in [-0.39, 0.29) is 5.38 Å². The van der Waals surface area contributed by atoms with E-state index in [1.165, 1.54) is 0 Å². The Morgan fingerprint density at radius 1 is 1.50 bits per heavy atom. The molecule has 0 saturated carbocycles. The minimum atomic E-state index is 0.238. The molecule has 0 amide bonds. The van der Waals surface area contributed by atoms with Crippen LogP contribution < -0.4 is 5.32 Å². The highest BCUT2D eigenvalue weighted by molar-refractivity contribution is 6.20. The summed E-state index contributed by atoms with van der Waals surface area (Å²) in [5.41, 5.74) is 0. The van der Waals surface area contributed by atoms with Gasteiger partial charge >= 0.3 is 0 Å². The average molecular weight is 165 g/mol. The number of nitrogens with zero attached hydrogens (tertiary/aromatic N) is 1. The summed E-state index contributed by atoms with van der Waals surface area (Å²) in [7, 11) is 4.12. The quantitative estimate of drug-likeness (QED) is 0.477. The van der Waals surface area contributed by atoms with Crippen molar-refractivity contribution in [1.82, 2.24) is 10.2 Å². The molecule has 0 aromatic rings. The fraction of sp³-hybridized carbons (Fsp3) is 1.00. The zero-order valence-corrected chi connectivity index (χ0v) is 7.78. The predicted octanol–water partition coefficient (Wildman–Crippen LogP) is 0.765. The van der Waals surface area contributed by atoms with Gasteiger partial charge in [-0.05, 0) is 21.0 Å². The third kappa shape index (κ3) is 8.21. The topological polar surface area (TPSA) is 15.3 Å². The first-order valence-corrected chi connectivity index (χ1v) is 4.06. The fourth-order valence-electron chi connectivity index (χ4n) is 0.604. The van der Waals surface area contributed by atoms with Crippen molar-refractivity contribution in [2.24, 2.45) is 0 Å². The first-order chi connectivity index (χ1) is 4.63. The normalized spacial score (nSPS) is 14.1. The molecular formula is C7H17ClN2. The van der Waals surface area contributed by atoms with Gasteiger partial charge in [-0.3, -0.25) is 0 Å². The van der Waals surface area contributed by atoms with Gasteiger partial charge in [-0.25, -0.2) is 0 Å². The molecule has 0 aliphatic rings. The number of nitrogens with one attached hydrogen (secondary N) is 1. The van der Waals surface area contributed by atoms with Crippen LogP contribution in [0, 0.1) is 0 Å². The Labute approximate surface area is 68.5 Å². The Morgan fingerprint density at radius 2 is 2.10 bits per heavy atom. The monoisotopic (exact) mass is 164 g/mol. The van der Waals surface area contributed by atoms with E-state index in [4.69, 9.17) is 11.6 Å². The predicted molar refractivity (Wildman–Crippen MR) is 46.7 cm³/mol. The summed E-state index contributed by atoms with van der Waals surface area (Å²) in [4.78, 5) is 2.14. The number of hydrogen-bond donors (Lipinski definition) is 1. The molecule has 2 nitrogen and oxygen atoms in total. The van der Waals surface area contributed by atoms with E-state index in [9.17, 15) is 0 Å². The molecule has 0 saturated heterocycles. The van der Waals surface area contributed by atoms with Crippen LogP contribution in [-0.4, -0.2) is 44.0 Å². The Balaban J connectivity index is 2.91. The second kappa shape index (κ2) is 5.96. The minimum absolute atomic E-state index is 0.238. The van der Waals surface area contributed by atoms with Gasteiger partial charge in [-0.2, -0.15) is 0 Å². The van der Waals surface area contributed by atoms with E-state index in [2.05, 4.69) is 24.3 Å². The van der Waals surface area contributed by atoms with Crippen LogP contribution in [0.5, 0.6) is 0 Å². The standard InChI is InChI=1S/C7H17ClN2/c1-7(8)6-9-4-5-10(2)3/h7,9H,4-6H2,1-3H3. The molecule has 1 atom stereocenters. The molecule has 0 aromatic heterocycles. The smallest absolute Gasteiger partial charge is 0.0432 e. The molecule has 0 heterocycles. The molecule has 1 N–H and O–H groups in total. The SMILES string of the molecule is CC(Cl)CNCCN(C)C. The summed E-state index contributed by atoms with van der Waals surface area (Å²) in [6.45, 7) is 4.98. The number of halogens is 1. The Morgan fingerprint density at radius 3 is 2.50 bits per heavy atom. The Bertz CT molecular complexity index is 64.0. The molecule has 0 spiro atoms. The summed E-state index contributed by atoms with van der Waals surface area (Å²) >= 11 is 5.72. The zero-order chi connectivity index (χ0) is 7.98. The lowest BCUT2D eigenvalue weighted by Gasteiger charge is -2.10. The molecule has 0 rings (SSSR count). The average Bonchev–Trinajstić information content (AvgIpc) is 1.79. The molecule has 0 radical (unpaired) electrons. The van der Waals surface area contributed by atoms with Crippen LogP contribution in [0.2, 0.25) is 0 Å². The molecule has 1 unspecified atom stereocenters. The van der Waals surface area contributed by atoms with Crippen LogP contribution >= 0.6 is 11.6 Å². The molecule has 3 heteroatoms. The summed E-state index contributed by atoms with van der Waals surface area (Å²) < 4.78 is 0. The molecule has 0 aliphatic heterocycles. The van der Waals surface area contributed by atoms with Gasteiger partial charge in [0.15, 0.2) is 0 Å². The first-order valence-electron chi connectivity index (χ1n) is 3.62. The van der Waals surface area contributed by atoms with Gasteiger partial charge in [-0.1, -0.05) is 0 Å². The summed E-state index contributed by atoms with van der Waals surface area (Å²) in [6.07, 6.45) is 0. The van der Waals surface area contributed by atoms with Crippen LogP contribution in [-0.2, 0) is 0 Å². The second-order valence-electron chi connectivity index (χ2n) is 2.79. The molecule has 10 heavy (non-hydrogen) atoms. The van der Waals surface area contributed by atoms with Crippen LogP contribution in [0.4, 0.5) is 0 Å². The maximum absolute atomic E-state index is 5.72. The van der Waals surface area contributed by atoms with E-state index < -0.39 is 0 Å². The van der Waals surface area contributed by atoms with E-state index in [1.54, 1.807) is 0 Å². The van der Waals surface area contributed by atoms with Crippen molar-refractivity contribution >= 4 is 11.6 Å².